The van der Waals surface area contributed by atoms with E-state index < -0.39 is 0 Å². The summed E-state index contributed by atoms with van der Waals surface area (Å²) in [6.45, 7) is 5.12. The Morgan fingerprint density at radius 1 is 1.83 bits per heavy atom. The molecule has 0 N–H and O–H groups in total. The summed E-state index contributed by atoms with van der Waals surface area (Å²) in [7, 11) is 1.32. The van der Waals surface area contributed by atoms with Gasteiger partial charge in [-0.2, -0.15) is 0 Å². The number of hydrogen-bond donors (Lipinski definition) is 0. The molecule has 6 heavy (non-hydrogen) atoms. The van der Waals surface area contributed by atoms with Crippen molar-refractivity contribution in [1.82, 2.24) is 0 Å². The normalized spacial score (nSPS) is 7.67. The van der Waals surface area contributed by atoms with Crippen molar-refractivity contribution >= 4 is 15.6 Å². The van der Waals surface area contributed by atoms with Gasteiger partial charge in [0.2, 0.25) is 0 Å². The van der Waals surface area contributed by atoms with E-state index in [1.54, 1.807) is 6.92 Å². The first-order valence-electron chi connectivity index (χ1n) is 1.66. The van der Waals surface area contributed by atoms with Crippen LogP contribution in [0.2, 0.25) is 0 Å². The maximum atomic E-state index is 10.1. The van der Waals surface area contributed by atoms with Gasteiger partial charge in [-0.15, -0.1) is 0 Å². The number of rotatable bonds is 1. The second-order valence-corrected chi connectivity index (χ2v) is 1.85. The SMILES string of the molecule is C=C(C)C(=O)[SiH2]. The Labute approximate surface area is 40.5 Å². The van der Waals surface area contributed by atoms with Crippen LogP contribution in [0.3, 0.4) is 0 Å². The van der Waals surface area contributed by atoms with Gasteiger partial charge in [0.15, 0.2) is 0 Å². The number of hydrogen-bond acceptors (Lipinski definition) is 1. The third-order valence-electron chi connectivity index (χ3n) is 0.476. The highest BCUT2D eigenvalue weighted by Crippen LogP contribution is 1.80. The Hall–Kier alpha value is -0.373. The Balaban J connectivity index is 3.57. The minimum Gasteiger partial charge on any atom is -0.302 e. The monoisotopic (exact) mass is 99.0 g/mol. The zero-order valence-corrected chi connectivity index (χ0v) is 5.24. The van der Waals surface area contributed by atoms with Gasteiger partial charge in [0, 0.05) is 0 Å². The third-order valence-corrected chi connectivity index (χ3v) is 1.08. The topological polar surface area (TPSA) is 17.1 Å². The van der Waals surface area contributed by atoms with Crippen LogP contribution in [-0.2, 0) is 4.79 Å². The van der Waals surface area contributed by atoms with Gasteiger partial charge < -0.3 is 4.79 Å². The zero-order chi connectivity index (χ0) is 5.15. The van der Waals surface area contributed by atoms with Crippen molar-refractivity contribution in [2.75, 3.05) is 0 Å². The van der Waals surface area contributed by atoms with E-state index >= 15 is 0 Å². The Morgan fingerprint density at radius 3 is 2.00 bits per heavy atom. The van der Waals surface area contributed by atoms with E-state index in [0.29, 0.717) is 5.57 Å². The van der Waals surface area contributed by atoms with E-state index in [1.807, 2.05) is 0 Å². The fourth-order valence-electron chi connectivity index (χ4n) is 0. The average Bonchev–Trinajstić information content (AvgIpc) is 1.36. The van der Waals surface area contributed by atoms with E-state index in [9.17, 15) is 4.79 Å². The lowest BCUT2D eigenvalue weighted by molar-refractivity contribution is -0.108. The first-order chi connectivity index (χ1) is 2.64. The lowest BCUT2D eigenvalue weighted by Gasteiger charge is -1.81. The van der Waals surface area contributed by atoms with Gasteiger partial charge >= 0.3 is 0 Å². The summed E-state index contributed by atoms with van der Waals surface area (Å²) in [6, 6.07) is 0. The van der Waals surface area contributed by atoms with E-state index in [4.69, 9.17) is 0 Å². The molecule has 0 rings (SSSR count). The summed E-state index contributed by atoms with van der Waals surface area (Å²) in [5.41, 5.74) is 0.633. The van der Waals surface area contributed by atoms with Gasteiger partial charge in [-0.1, -0.05) is 6.58 Å². The number of allylic oxidation sites excluding steroid dienone is 1. The Morgan fingerprint density at radius 2 is 2.00 bits per heavy atom. The van der Waals surface area contributed by atoms with Gasteiger partial charge in [0.05, 0.1) is 0 Å². The fourth-order valence-corrected chi connectivity index (χ4v) is 0. The van der Waals surface area contributed by atoms with E-state index in [0.717, 1.165) is 0 Å². The molecule has 1 radical (unpaired) electrons. The van der Waals surface area contributed by atoms with Gasteiger partial charge in [-0.3, -0.25) is 0 Å². The average molecular weight is 99.2 g/mol. The highest BCUT2D eigenvalue weighted by molar-refractivity contribution is 6.62. The molecular formula is C4H7OSi. The molecule has 2 heteroatoms. The first kappa shape index (κ1) is 5.63. The zero-order valence-electron chi connectivity index (χ0n) is 3.82. The van der Waals surface area contributed by atoms with Crippen LogP contribution < -0.4 is 0 Å². The summed E-state index contributed by atoms with van der Waals surface area (Å²) in [5.74, 6) is 0. The second kappa shape index (κ2) is 1.92. The lowest BCUT2D eigenvalue weighted by Crippen LogP contribution is -1.93. The maximum Gasteiger partial charge on any atom is 0.125 e. The lowest BCUT2D eigenvalue weighted by atomic mass is 10.4. The van der Waals surface area contributed by atoms with Crippen molar-refractivity contribution in [3.8, 4) is 0 Å². The predicted molar refractivity (Wildman–Crippen MR) is 28.4 cm³/mol. The minimum absolute atomic E-state index is 0.0926. The predicted octanol–water partition coefficient (Wildman–Crippen LogP) is -0.278. The molecule has 0 atom stereocenters. The van der Waals surface area contributed by atoms with Crippen molar-refractivity contribution in [2.45, 2.75) is 6.92 Å². The Bertz CT molecular complexity index is 73.5. The summed E-state index contributed by atoms with van der Waals surface area (Å²) in [4.78, 5) is 10.1. The molecule has 0 amide bonds. The molecule has 0 fully saturated rings. The molecule has 0 bridgehead atoms. The van der Waals surface area contributed by atoms with Crippen molar-refractivity contribution < 1.29 is 4.79 Å². The van der Waals surface area contributed by atoms with E-state index in [1.165, 1.54) is 10.2 Å². The summed E-state index contributed by atoms with van der Waals surface area (Å²) < 4.78 is 0. The molecule has 0 aliphatic carbocycles. The van der Waals surface area contributed by atoms with E-state index in [2.05, 4.69) is 6.58 Å². The fraction of sp³-hybridized carbons (Fsp3) is 0.250. The molecule has 0 saturated carbocycles. The van der Waals surface area contributed by atoms with Crippen molar-refractivity contribution in [1.29, 1.82) is 0 Å². The van der Waals surface area contributed by atoms with Gasteiger partial charge in [0.25, 0.3) is 0 Å². The molecule has 0 aromatic carbocycles. The molecule has 0 aromatic heterocycles. The van der Waals surface area contributed by atoms with E-state index in [-0.39, 0.29) is 5.41 Å². The van der Waals surface area contributed by atoms with Crippen molar-refractivity contribution in [2.24, 2.45) is 0 Å². The van der Waals surface area contributed by atoms with Gasteiger partial charge in [-0.25, -0.2) is 0 Å². The first-order valence-corrected chi connectivity index (χ1v) is 2.37. The minimum atomic E-state index is 0.0926. The highest BCUT2D eigenvalue weighted by Gasteiger charge is 1.85. The largest absolute Gasteiger partial charge is 0.302 e. The standard InChI is InChI=1S/C4H7OSi/c1-3(2)4(5)6/h1,6H2,2H3. The molecule has 0 saturated heterocycles. The quantitative estimate of drug-likeness (QED) is 0.326. The van der Waals surface area contributed by atoms with Crippen LogP contribution in [0.25, 0.3) is 0 Å². The molecule has 0 aliphatic rings. The molecule has 33 valence electrons. The number of carbonyl (C=O) groups is 1. The van der Waals surface area contributed by atoms with Gasteiger partial charge in [-0.05, 0) is 12.5 Å². The summed E-state index contributed by atoms with van der Waals surface area (Å²) >= 11 is 0. The third kappa shape index (κ3) is 1.90. The van der Waals surface area contributed by atoms with Crippen LogP contribution in [0, 0.1) is 0 Å². The molecule has 0 spiro atoms. The molecule has 0 aliphatic heterocycles. The van der Waals surface area contributed by atoms with Gasteiger partial charge in [0.1, 0.15) is 15.6 Å². The molecule has 1 nitrogen and oxygen atoms in total. The highest BCUT2D eigenvalue weighted by atomic mass is 28.1. The van der Waals surface area contributed by atoms with Crippen LogP contribution in [0.1, 0.15) is 6.92 Å². The molecule has 0 heterocycles. The van der Waals surface area contributed by atoms with Crippen LogP contribution in [-0.4, -0.2) is 15.6 Å². The summed E-state index contributed by atoms with van der Waals surface area (Å²) in [6.07, 6.45) is 0. The summed E-state index contributed by atoms with van der Waals surface area (Å²) in [5, 5.41) is 0.0926. The van der Waals surface area contributed by atoms with Crippen molar-refractivity contribution in [3.63, 3.8) is 0 Å². The van der Waals surface area contributed by atoms with Crippen molar-refractivity contribution in [3.05, 3.63) is 12.2 Å². The van der Waals surface area contributed by atoms with Crippen LogP contribution >= 0.6 is 0 Å². The number of carbonyl (C=O) groups excluding carboxylic acids is 1. The van der Waals surface area contributed by atoms with Crippen LogP contribution in [0.5, 0.6) is 0 Å². The molecule has 0 aromatic rings. The smallest absolute Gasteiger partial charge is 0.125 e. The maximum absolute atomic E-state index is 10.1. The molecular weight excluding hydrogens is 92.1 g/mol. The molecule has 0 unspecified atom stereocenters. The second-order valence-electron chi connectivity index (χ2n) is 1.20. The van der Waals surface area contributed by atoms with Crippen LogP contribution in [0.4, 0.5) is 0 Å². The Kier molecular flexibility index (Phi) is 1.80. The van der Waals surface area contributed by atoms with Crippen LogP contribution in [0.15, 0.2) is 12.2 Å².